The molecule has 2 aromatic heterocycles. The Morgan fingerprint density at radius 3 is 2.88 bits per heavy atom. The van der Waals surface area contributed by atoms with Crippen molar-refractivity contribution in [3.8, 4) is 0 Å². The summed E-state index contributed by atoms with van der Waals surface area (Å²) < 4.78 is 7.24. The molecule has 0 bridgehead atoms. The molecule has 0 aliphatic heterocycles. The summed E-state index contributed by atoms with van der Waals surface area (Å²) >= 11 is 0. The highest BCUT2D eigenvalue weighted by Crippen LogP contribution is 2.14. The summed E-state index contributed by atoms with van der Waals surface area (Å²) in [6, 6.07) is 0. The summed E-state index contributed by atoms with van der Waals surface area (Å²) in [6.07, 6.45) is 3.78. The minimum atomic E-state index is 0.760. The van der Waals surface area contributed by atoms with Crippen molar-refractivity contribution < 1.29 is 4.52 Å². The fourth-order valence-corrected chi connectivity index (χ4v) is 1.71. The summed E-state index contributed by atoms with van der Waals surface area (Å²) in [4.78, 5) is 4.30. The molecule has 0 saturated heterocycles. The largest absolute Gasteiger partial charge is 0.361 e. The third kappa shape index (κ3) is 1.99. The molecule has 0 aliphatic rings. The molecule has 2 aromatic rings. The van der Waals surface area contributed by atoms with E-state index >= 15 is 0 Å². The van der Waals surface area contributed by atoms with Gasteiger partial charge in [-0.25, -0.2) is 4.98 Å². The van der Waals surface area contributed by atoms with Gasteiger partial charge in [-0.05, 0) is 20.9 Å². The van der Waals surface area contributed by atoms with Gasteiger partial charge >= 0.3 is 0 Å². The van der Waals surface area contributed by atoms with Crippen LogP contribution < -0.4 is 5.32 Å². The molecule has 16 heavy (non-hydrogen) atoms. The van der Waals surface area contributed by atoms with Crippen molar-refractivity contribution >= 4 is 0 Å². The second kappa shape index (κ2) is 4.49. The minimum Gasteiger partial charge on any atom is -0.361 e. The van der Waals surface area contributed by atoms with Gasteiger partial charge in [-0.3, -0.25) is 0 Å². The molecule has 0 aromatic carbocycles. The summed E-state index contributed by atoms with van der Waals surface area (Å²) in [7, 11) is 1.91. The van der Waals surface area contributed by atoms with Crippen LogP contribution >= 0.6 is 0 Å². The fourth-order valence-electron chi connectivity index (χ4n) is 1.71. The van der Waals surface area contributed by atoms with Gasteiger partial charge in [0.05, 0.1) is 18.8 Å². The lowest BCUT2D eigenvalue weighted by Crippen LogP contribution is -2.13. The summed E-state index contributed by atoms with van der Waals surface area (Å²) in [5, 5.41) is 7.04. The Bertz CT molecular complexity index is 453. The van der Waals surface area contributed by atoms with Gasteiger partial charge in [0, 0.05) is 18.0 Å². The van der Waals surface area contributed by atoms with E-state index in [2.05, 4.69) is 20.0 Å². The first-order valence-electron chi connectivity index (χ1n) is 5.28. The summed E-state index contributed by atoms with van der Waals surface area (Å²) in [5.74, 6) is 1.89. The van der Waals surface area contributed by atoms with Gasteiger partial charge in [-0.1, -0.05) is 5.16 Å². The number of nitrogens with zero attached hydrogens (tertiary/aromatic N) is 3. The zero-order chi connectivity index (χ0) is 11.5. The highest BCUT2D eigenvalue weighted by molar-refractivity contribution is 5.21. The molecule has 0 aliphatic carbocycles. The Morgan fingerprint density at radius 2 is 2.25 bits per heavy atom. The van der Waals surface area contributed by atoms with E-state index in [4.69, 9.17) is 4.52 Å². The molecule has 0 radical (unpaired) electrons. The minimum absolute atomic E-state index is 0.760. The SMILES string of the molecule is CNCc1nccn1Cc1c(C)noc1C. The van der Waals surface area contributed by atoms with Crippen LogP contribution in [0.15, 0.2) is 16.9 Å². The van der Waals surface area contributed by atoms with E-state index in [0.717, 1.165) is 35.9 Å². The van der Waals surface area contributed by atoms with Crippen molar-refractivity contribution in [1.29, 1.82) is 0 Å². The fraction of sp³-hybridized carbons (Fsp3) is 0.455. The smallest absolute Gasteiger partial charge is 0.138 e. The van der Waals surface area contributed by atoms with E-state index in [-0.39, 0.29) is 0 Å². The molecule has 2 rings (SSSR count). The van der Waals surface area contributed by atoms with Gasteiger partial charge < -0.3 is 14.4 Å². The first-order valence-corrected chi connectivity index (χ1v) is 5.28. The Hall–Kier alpha value is -1.62. The van der Waals surface area contributed by atoms with E-state index in [1.807, 2.05) is 33.3 Å². The van der Waals surface area contributed by atoms with Crippen molar-refractivity contribution in [1.82, 2.24) is 20.0 Å². The molecule has 0 atom stereocenters. The van der Waals surface area contributed by atoms with Crippen LogP contribution in [-0.4, -0.2) is 21.8 Å². The molecule has 86 valence electrons. The van der Waals surface area contributed by atoms with Crippen molar-refractivity contribution in [2.45, 2.75) is 26.9 Å². The molecule has 1 N–H and O–H groups in total. The zero-order valence-corrected chi connectivity index (χ0v) is 9.82. The molecule has 5 heteroatoms. The van der Waals surface area contributed by atoms with Crippen molar-refractivity contribution in [2.75, 3.05) is 7.05 Å². The maximum atomic E-state index is 5.14. The average molecular weight is 220 g/mol. The first kappa shape index (κ1) is 10.9. The molecule has 0 unspecified atom stereocenters. The predicted molar refractivity (Wildman–Crippen MR) is 60.1 cm³/mol. The molecule has 0 spiro atoms. The lowest BCUT2D eigenvalue weighted by Gasteiger charge is -2.06. The van der Waals surface area contributed by atoms with Crippen molar-refractivity contribution in [3.05, 3.63) is 35.2 Å². The molecule has 2 heterocycles. The molecular formula is C11H16N4O. The Kier molecular flexibility index (Phi) is 3.05. The van der Waals surface area contributed by atoms with Crippen LogP contribution in [0.1, 0.15) is 22.8 Å². The van der Waals surface area contributed by atoms with Crippen molar-refractivity contribution in [2.24, 2.45) is 0 Å². The van der Waals surface area contributed by atoms with Crippen LogP contribution in [0.2, 0.25) is 0 Å². The van der Waals surface area contributed by atoms with Gasteiger partial charge in [0.1, 0.15) is 11.6 Å². The molecular weight excluding hydrogens is 204 g/mol. The second-order valence-corrected chi connectivity index (χ2v) is 3.80. The van der Waals surface area contributed by atoms with Gasteiger partial charge in [-0.2, -0.15) is 0 Å². The van der Waals surface area contributed by atoms with E-state index in [1.54, 1.807) is 0 Å². The monoisotopic (exact) mass is 220 g/mol. The summed E-state index contributed by atoms with van der Waals surface area (Å²) in [5.41, 5.74) is 2.08. The second-order valence-electron chi connectivity index (χ2n) is 3.80. The Balaban J connectivity index is 2.23. The quantitative estimate of drug-likeness (QED) is 0.842. The van der Waals surface area contributed by atoms with Crippen LogP contribution in [0, 0.1) is 13.8 Å². The zero-order valence-electron chi connectivity index (χ0n) is 9.82. The number of hydrogen-bond acceptors (Lipinski definition) is 4. The van der Waals surface area contributed by atoms with E-state index in [9.17, 15) is 0 Å². The van der Waals surface area contributed by atoms with E-state index in [0.29, 0.717) is 0 Å². The van der Waals surface area contributed by atoms with Crippen LogP contribution in [0.4, 0.5) is 0 Å². The van der Waals surface area contributed by atoms with Crippen LogP contribution in [-0.2, 0) is 13.1 Å². The molecule has 0 fully saturated rings. The predicted octanol–water partition coefficient (Wildman–Crippen LogP) is 1.26. The Morgan fingerprint density at radius 1 is 1.44 bits per heavy atom. The lowest BCUT2D eigenvalue weighted by atomic mass is 10.2. The Labute approximate surface area is 94.5 Å². The maximum Gasteiger partial charge on any atom is 0.138 e. The summed E-state index contributed by atoms with van der Waals surface area (Å²) in [6.45, 7) is 5.42. The number of aromatic nitrogens is 3. The number of nitrogens with one attached hydrogen (secondary N) is 1. The standard InChI is InChI=1S/C11H16N4O/c1-8-10(9(2)16-14-8)7-15-5-4-13-11(15)6-12-3/h4-5,12H,6-7H2,1-3H3. The van der Waals surface area contributed by atoms with Gasteiger partial charge in [-0.15, -0.1) is 0 Å². The van der Waals surface area contributed by atoms with Crippen LogP contribution in [0.5, 0.6) is 0 Å². The number of aryl methyl sites for hydroxylation is 2. The van der Waals surface area contributed by atoms with Crippen LogP contribution in [0.25, 0.3) is 0 Å². The third-order valence-electron chi connectivity index (χ3n) is 2.65. The number of imidazole rings is 1. The lowest BCUT2D eigenvalue weighted by molar-refractivity contribution is 0.392. The molecule has 0 amide bonds. The normalized spacial score (nSPS) is 10.9. The topological polar surface area (TPSA) is 55.9 Å². The first-order chi connectivity index (χ1) is 7.72. The highest BCUT2D eigenvalue weighted by atomic mass is 16.5. The maximum absolute atomic E-state index is 5.14. The number of hydrogen-bond donors (Lipinski definition) is 1. The number of rotatable bonds is 4. The van der Waals surface area contributed by atoms with Crippen molar-refractivity contribution in [3.63, 3.8) is 0 Å². The third-order valence-corrected chi connectivity index (χ3v) is 2.65. The van der Waals surface area contributed by atoms with E-state index < -0.39 is 0 Å². The van der Waals surface area contributed by atoms with Crippen LogP contribution in [0.3, 0.4) is 0 Å². The molecule has 0 saturated carbocycles. The average Bonchev–Trinajstić information content (AvgIpc) is 2.81. The molecule has 5 nitrogen and oxygen atoms in total. The van der Waals surface area contributed by atoms with Gasteiger partial charge in [0.2, 0.25) is 0 Å². The van der Waals surface area contributed by atoms with Gasteiger partial charge in [0.25, 0.3) is 0 Å². The highest BCUT2D eigenvalue weighted by Gasteiger charge is 2.11. The van der Waals surface area contributed by atoms with Gasteiger partial charge in [0.15, 0.2) is 0 Å². The van der Waals surface area contributed by atoms with E-state index in [1.165, 1.54) is 0 Å².